The zero-order chi connectivity index (χ0) is 24.0. The average molecular weight is 469 g/mol. The van der Waals surface area contributed by atoms with Gasteiger partial charge in [-0.05, 0) is 30.2 Å². The van der Waals surface area contributed by atoms with Crippen LogP contribution in [0.15, 0.2) is 90.1 Å². The van der Waals surface area contributed by atoms with E-state index in [9.17, 15) is 4.79 Å². The number of benzene rings is 3. The molecule has 0 bridgehead atoms. The second-order valence-corrected chi connectivity index (χ2v) is 9.05. The van der Waals surface area contributed by atoms with E-state index in [1.165, 1.54) is 18.2 Å². The van der Waals surface area contributed by atoms with Crippen LogP contribution in [0.1, 0.15) is 29.2 Å². The van der Waals surface area contributed by atoms with Gasteiger partial charge in [0, 0.05) is 38.3 Å². The molecule has 0 aromatic heterocycles. The summed E-state index contributed by atoms with van der Waals surface area (Å²) in [6, 6.07) is 29.7. The van der Waals surface area contributed by atoms with E-state index in [0.29, 0.717) is 12.3 Å². The van der Waals surface area contributed by atoms with Crippen LogP contribution in [0.5, 0.6) is 0 Å². The van der Waals surface area contributed by atoms with Gasteiger partial charge in [0.1, 0.15) is 7.11 Å². The summed E-state index contributed by atoms with van der Waals surface area (Å²) in [6.45, 7) is 5.73. The molecule has 0 aliphatic carbocycles. The van der Waals surface area contributed by atoms with Crippen molar-refractivity contribution in [2.45, 2.75) is 12.5 Å². The second-order valence-electron chi connectivity index (χ2n) is 9.05. The zero-order valence-corrected chi connectivity index (χ0v) is 20.2. The lowest BCUT2D eigenvalue weighted by Crippen LogP contribution is -2.48. The number of hydrogen-bond donors (Lipinski definition) is 0. The van der Waals surface area contributed by atoms with Gasteiger partial charge in [-0.25, -0.2) is 0 Å². The first kappa shape index (κ1) is 23.3. The highest BCUT2D eigenvalue weighted by Gasteiger charge is 2.34. The largest absolute Gasteiger partial charge is 0.398 e. The molecule has 0 atom stereocenters. The molecular weight excluding hydrogens is 436 g/mol. The van der Waals surface area contributed by atoms with E-state index in [1.807, 2.05) is 29.2 Å². The molecular formula is C29H32N4O2. The summed E-state index contributed by atoms with van der Waals surface area (Å²) in [5.41, 5.74) is 4.84. The first-order chi connectivity index (χ1) is 17.3. The van der Waals surface area contributed by atoms with Gasteiger partial charge in [0.05, 0.1) is 11.7 Å². The highest BCUT2D eigenvalue weighted by molar-refractivity contribution is 6.54. The number of oxime groups is 1. The number of carbonyl (C=O) groups is 1. The number of carbonyl (C=O) groups excluding carboxylic acids is 1. The molecule has 6 nitrogen and oxygen atoms in total. The van der Waals surface area contributed by atoms with E-state index in [1.54, 1.807) is 0 Å². The summed E-state index contributed by atoms with van der Waals surface area (Å²) >= 11 is 0. The minimum atomic E-state index is -0.0774. The highest BCUT2D eigenvalue weighted by Crippen LogP contribution is 2.31. The molecule has 35 heavy (non-hydrogen) atoms. The Bertz CT molecular complexity index is 1120. The molecule has 0 N–H and O–H groups in total. The third-order valence-corrected chi connectivity index (χ3v) is 6.94. The zero-order valence-electron chi connectivity index (χ0n) is 20.2. The Morgan fingerprint density at radius 2 is 1.40 bits per heavy atom. The summed E-state index contributed by atoms with van der Waals surface area (Å²) in [4.78, 5) is 24.8. The summed E-state index contributed by atoms with van der Waals surface area (Å²) in [6.07, 6.45) is 0.918. The Hall–Kier alpha value is -3.48. The van der Waals surface area contributed by atoms with Crippen molar-refractivity contribution >= 4 is 17.3 Å². The van der Waals surface area contributed by atoms with Crippen molar-refractivity contribution in [3.8, 4) is 0 Å². The molecule has 3 aromatic carbocycles. The van der Waals surface area contributed by atoms with Gasteiger partial charge in [0.2, 0.25) is 0 Å². The standard InChI is InChI=1S/C29H32N4O2/c1-35-30-27-25-15-8-9-16-26(25)33(29(27)34)18-10-17-31-19-21-32(22-20-31)28(23-11-4-2-5-12-23)24-13-6-3-7-14-24/h2-9,11-16,28H,10,17-22H2,1H3/b30-27-. The van der Waals surface area contributed by atoms with Gasteiger partial charge in [0.15, 0.2) is 5.71 Å². The van der Waals surface area contributed by atoms with Crippen molar-refractivity contribution < 1.29 is 9.63 Å². The molecule has 0 saturated carbocycles. The van der Waals surface area contributed by atoms with Crippen LogP contribution < -0.4 is 4.90 Å². The van der Waals surface area contributed by atoms with Crippen LogP contribution in [0, 0.1) is 0 Å². The number of para-hydroxylation sites is 1. The molecule has 5 rings (SSSR count). The van der Waals surface area contributed by atoms with Gasteiger partial charge in [-0.15, -0.1) is 0 Å². The van der Waals surface area contributed by atoms with Gasteiger partial charge in [0.25, 0.3) is 5.91 Å². The van der Waals surface area contributed by atoms with Crippen molar-refractivity contribution in [2.24, 2.45) is 5.16 Å². The van der Waals surface area contributed by atoms with E-state index >= 15 is 0 Å². The number of fused-ring (bicyclic) bond motifs is 1. The monoisotopic (exact) mass is 468 g/mol. The Balaban J connectivity index is 1.19. The Morgan fingerprint density at radius 1 is 0.800 bits per heavy atom. The number of piperazine rings is 1. The number of nitrogens with zero attached hydrogens (tertiary/aromatic N) is 4. The first-order valence-corrected chi connectivity index (χ1v) is 12.3. The van der Waals surface area contributed by atoms with Crippen LogP contribution in [0.2, 0.25) is 0 Å². The third kappa shape index (κ3) is 4.99. The fraction of sp³-hybridized carbons (Fsp3) is 0.310. The second kappa shape index (κ2) is 10.8. The van der Waals surface area contributed by atoms with Crippen molar-refractivity contribution in [1.82, 2.24) is 9.80 Å². The van der Waals surface area contributed by atoms with Gasteiger partial charge in [-0.1, -0.05) is 84.0 Å². The lowest BCUT2D eigenvalue weighted by atomic mass is 9.96. The smallest absolute Gasteiger partial charge is 0.281 e. The van der Waals surface area contributed by atoms with E-state index in [-0.39, 0.29) is 11.9 Å². The Kier molecular flexibility index (Phi) is 7.21. The number of rotatable bonds is 8. The summed E-state index contributed by atoms with van der Waals surface area (Å²) in [5, 5.41) is 3.98. The topological polar surface area (TPSA) is 48.4 Å². The predicted octanol–water partition coefficient (Wildman–Crippen LogP) is 4.18. The minimum absolute atomic E-state index is 0.0774. The summed E-state index contributed by atoms with van der Waals surface area (Å²) < 4.78 is 0. The van der Waals surface area contributed by atoms with Crippen molar-refractivity contribution in [3.05, 3.63) is 102 Å². The molecule has 0 radical (unpaired) electrons. The molecule has 2 aliphatic rings. The molecule has 0 spiro atoms. The van der Waals surface area contributed by atoms with Crippen LogP contribution >= 0.6 is 0 Å². The maximum atomic E-state index is 12.9. The third-order valence-electron chi connectivity index (χ3n) is 6.94. The summed E-state index contributed by atoms with van der Waals surface area (Å²) in [7, 11) is 1.48. The maximum absolute atomic E-state index is 12.9. The van der Waals surface area contributed by atoms with Crippen LogP contribution in [-0.2, 0) is 9.63 Å². The summed E-state index contributed by atoms with van der Waals surface area (Å²) in [5.74, 6) is -0.0774. The average Bonchev–Trinajstić information content (AvgIpc) is 3.17. The molecule has 1 fully saturated rings. The molecule has 2 heterocycles. The molecule has 2 aliphatic heterocycles. The van der Waals surface area contributed by atoms with Crippen molar-refractivity contribution in [1.29, 1.82) is 0 Å². The van der Waals surface area contributed by atoms with Crippen molar-refractivity contribution in [3.63, 3.8) is 0 Å². The molecule has 6 heteroatoms. The van der Waals surface area contributed by atoms with E-state index < -0.39 is 0 Å². The van der Waals surface area contributed by atoms with E-state index in [0.717, 1.165) is 50.4 Å². The number of hydrogen-bond acceptors (Lipinski definition) is 5. The van der Waals surface area contributed by atoms with Gasteiger partial charge in [-0.2, -0.15) is 0 Å². The SMILES string of the molecule is CO/N=C1\C(=O)N(CCCN2CCN(C(c3ccccc3)c3ccccc3)CC2)c2ccccc21. The van der Waals surface area contributed by atoms with Crippen LogP contribution in [-0.4, -0.2) is 67.8 Å². The van der Waals surface area contributed by atoms with E-state index in [2.05, 4.69) is 75.6 Å². The molecule has 180 valence electrons. The maximum Gasteiger partial charge on any atom is 0.281 e. The van der Waals surface area contributed by atoms with Gasteiger partial charge in [-0.3, -0.25) is 9.69 Å². The normalized spacial score (nSPS) is 17.8. The van der Waals surface area contributed by atoms with Crippen molar-refractivity contribution in [2.75, 3.05) is 51.3 Å². The Morgan fingerprint density at radius 3 is 2.03 bits per heavy atom. The Labute approximate surface area is 207 Å². The molecule has 3 aromatic rings. The fourth-order valence-electron chi connectivity index (χ4n) is 5.25. The van der Waals surface area contributed by atoms with Gasteiger partial charge < -0.3 is 14.6 Å². The lowest BCUT2D eigenvalue weighted by Gasteiger charge is -2.40. The molecule has 1 amide bonds. The minimum Gasteiger partial charge on any atom is -0.398 e. The lowest BCUT2D eigenvalue weighted by molar-refractivity contribution is -0.112. The first-order valence-electron chi connectivity index (χ1n) is 12.3. The predicted molar refractivity (Wildman–Crippen MR) is 140 cm³/mol. The van der Waals surface area contributed by atoms with E-state index in [4.69, 9.17) is 4.84 Å². The highest BCUT2D eigenvalue weighted by atomic mass is 16.6. The molecule has 0 unspecified atom stereocenters. The molecule has 1 saturated heterocycles. The van der Waals surface area contributed by atoms with Crippen LogP contribution in [0.25, 0.3) is 0 Å². The van der Waals surface area contributed by atoms with Crippen LogP contribution in [0.4, 0.5) is 5.69 Å². The number of amides is 1. The van der Waals surface area contributed by atoms with Gasteiger partial charge >= 0.3 is 0 Å². The van der Waals surface area contributed by atoms with Crippen LogP contribution in [0.3, 0.4) is 0 Å². The quantitative estimate of drug-likeness (QED) is 0.466. The number of anilines is 1. The fourth-order valence-corrected chi connectivity index (χ4v) is 5.25.